The highest BCUT2D eigenvalue weighted by Gasteiger charge is 1.95. The molecule has 0 saturated carbocycles. The summed E-state index contributed by atoms with van der Waals surface area (Å²) in [6.07, 6.45) is 0.559. The topological polar surface area (TPSA) is 59.2 Å². The van der Waals surface area contributed by atoms with E-state index in [1.165, 1.54) is 19.2 Å². The molecule has 0 aliphatic carbocycles. The predicted octanol–water partition coefficient (Wildman–Crippen LogP) is 0.196. The minimum Gasteiger partial charge on any atom is -0.496 e. The zero-order chi connectivity index (χ0) is 8.27. The summed E-state index contributed by atoms with van der Waals surface area (Å²) >= 11 is 0. The molecule has 0 atom stereocenters. The van der Waals surface area contributed by atoms with Gasteiger partial charge in [0.2, 0.25) is 0 Å². The van der Waals surface area contributed by atoms with Crippen molar-refractivity contribution in [1.82, 2.24) is 4.98 Å². The lowest BCUT2D eigenvalue weighted by Crippen LogP contribution is -2.07. The summed E-state index contributed by atoms with van der Waals surface area (Å²) in [5, 5.41) is 0. The number of nitrogens with one attached hydrogen (secondary N) is 1. The van der Waals surface area contributed by atoms with Gasteiger partial charge in [-0.1, -0.05) is 0 Å². The van der Waals surface area contributed by atoms with E-state index in [0.29, 0.717) is 12.0 Å². The molecule has 0 bridgehead atoms. The standard InChI is InChI=1S/C7H7NO3/c1-11-6-2-5(4-9)8-7(10)3-6/h2-4H,1H3,(H,8,10). The Kier molecular flexibility index (Phi) is 2.06. The van der Waals surface area contributed by atoms with Crippen LogP contribution in [0.3, 0.4) is 0 Å². The quantitative estimate of drug-likeness (QED) is 0.617. The molecular weight excluding hydrogens is 146 g/mol. The molecule has 0 radical (unpaired) electrons. The molecule has 58 valence electrons. The molecule has 0 aromatic carbocycles. The van der Waals surface area contributed by atoms with Crippen molar-refractivity contribution in [3.63, 3.8) is 0 Å². The van der Waals surface area contributed by atoms with Gasteiger partial charge >= 0.3 is 0 Å². The second-order valence-electron chi connectivity index (χ2n) is 1.96. The Morgan fingerprint density at radius 3 is 2.82 bits per heavy atom. The van der Waals surface area contributed by atoms with Crippen LogP contribution in [-0.4, -0.2) is 18.4 Å². The average molecular weight is 153 g/mol. The maximum absolute atomic E-state index is 10.7. The zero-order valence-electron chi connectivity index (χ0n) is 5.96. The molecule has 0 spiro atoms. The van der Waals surface area contributed by atoms with Crippen molar-refractivity contribution in [3.8, 4) is 5.75 Å². The highest BCUT2D eigenvalue weighted by molar-refractivity contribution is 5.72. The van der Waals surface area contributed by atoms with Gasteiger partial charge in [-0.15, -0.1) is 0 Å². The Bertz CT molecular complexity index is 316. The van der Waals surface area contributed by atoms with Crippen molar-refractivity contribution >= 4 is 6.29 Å². The molecule has 11 heavy (non-hydrogen) atoms. The van der Waals surface area contributed by atoms with E-state index in [4.69, 9.17) is 4.74 Å². The monoisotopic (exact) mass is 153 g/mol. The maximum Gasteiger partial charge on any atom is 0.252 e. The van der Waals surface area contributed by atoms with Crippen LogP contribution in [-0.2, 0) is 0 Å². The molecule has 1 rings (SSSR count). The third-order valence-corrected chi connectivity index (χ3v) is 1.20. The molecule has 1 aromatic rings. The number of carbonyl (C=O) groups excluding carboxylic acids is 1. The summed E-state index contributed by atoms with van der Waals surface area (Å²) in [6.45, 7) is 0. The largest absolute Gasteiger partial charge is 0.496 e. The van der Waals surface area contributed by atoms with Gasteiger partial charge in [0.05, 0.1) is 12.8 Å². The highest BCUT2D eigenvalue weighted by atomic mass is 16.5. The van der Waals surface area contributed by atoms with Crippen molar-refractivity contribution in [2.45, 2.75) is 0 Å². The van der Waals surface area contributed by atoms with Crippen molar-refractivity contribution in [1.29, 1.82) is 0 Å². The first-order valence-electron chi connectivity index (χ1n) is 3.00. The number of ether oxygens (including phenoxy) is 1. The number of rotatable bonds is 2. The van der Waals surface area contributed by atoms with Crippen LogP contribution in [0.15, 0.2) is 16.9 Å². The minimum atomic E-state index is -0.341. The zero-order valence-corrected chi connectivity index (χ0v) is 5.96. The van der Waals surface area contributed by atoms with Crippen LogP contribution in [0.2, 0.25) is 0 Å². The number of aromatic nitrogens is 1. The van der Waals surface area contributed by atoms with Gasteiger partial charge < -0.3 is 9.72 Å². The fraction of sp³-hybridized carbons (Fsp3) is 0.143. The smallest absolute Gasteiger partial charge is 0.252 e. The predicted molar refractivity (Wildman–Crippen MR) is 39.0 cm³/mol. The molecule has 1 aromatic heterocycles. The highest BCUT2D eigenvalue weighted by Crippen LogP contribution is 2.04. The molecule has 0 amide bonds. The Balaban J connectivity index is 3.22. The first kappa shape index (κ1) is 7.53. The summed E-state index contributed by atoms with van der Waals surface area (Å²) in [7, 11) is 1.43. The Morgan fingerprint density at radius 1 is 1.55 bits per heavy atom. The number of methoxy groups -OCH3 is 1. The molecule has 0 aliphatic heterocycles. The van der Waals surface area contributed by atoms with E-state index in [0.717, 1.165) is 0 Å². The van der Waals surface area contributed by atoms with Gasteiger partial charge in [-0.3, -0.25) is 9.59 Å². The van der Waals surface area contributed by atoms with Crippen molar-refractivity contribution < 1.29 is 9.53 Å². The third-order valence-electron chi connectivity index (χ3n) is 1.20. The number of H-pyrrole nitrogens is 1. The van der Waals surface area contributed by atoms with Crippen LogP contribution >= 0.6 is 0 Å². The molecule has 4 nitrogen and oxygen atoms in total. The Labute approximate surface area is 62.8 Å². The molecule has 0 saturated heterocycles. The summed E-state index contributed by atoms with van der Waals surface area (Å²) in [4.78, 5) is 23.3. The third kappa shape index (κ3) is 1.67. The molecule has 0 fully saturated rings. The first-order chi connectivity index (χ1) is 5.26. The molecule has 0 unspecified atom stereocenters. The number of pyridine rings is 1. The van der Waals surface area contributed by atoms with E-state index in [2.05, 4.69) is 4.98 Å². The van der Waals surface area contributed by atoms with Crippen molar-refractivity contribution in [2.24, 2.45) is 0 Å². The molecule has 4 heteroatoms. The minimum absolute atomic E-state index is 0.217. The normalized spacial score (nSPS) is 9.18. The van der Waals surface area contributed by atoms with Gasteiger partial charge in [0.25, 0.3) is 5.56 Å². The fourth-order valence-electron chi connectivity index (χ4n) is 0.720. The molecule has 1 heterocycles. The number of hydrogen-bond donors (Lipinski definition) is 1. The second-order valence-corrected chi connectivity index (χ2v) is 1.96. The fourth-order valence-corrected chi connectivity index (χ4v) is 0.720. The summed E-state index contributed by atoms with van der Waals surface area (Å²) < 4.78 is 4.76. The van der Waals surface area contributed by atoms with Gasteiger partial charge in [0.1, 0.15) is 5.75 Å². The van der Waals surface area contributed by atoms with Crippen LogP contribution in [0, 0.1) is 0 Å². The van der Waals surface area contributed by atoms with Gasteiger partial charge in [0.15, 0.2) is 6.29 Å². The van der Waals surface area contributed by atoms with Gasteiger partial charge in [0, 0.05) is 12.1 Å². The van der Waals surface area contributed by atoms with Crippen LogP contribution in [0.5, 0.6) is 5.75 Å². The van der Waals surface area contributed by atoms with E-state index in [1.807, 2.05) is 0 Å². The van der Waals surface area contributed by atoms with Crippen molar-refractivity contribution in [2.75, 3.05) is 7.11 Å². The van der Waals surface area contributed by atoms with E-state index < -0.39 is 0 Å². The number of carbonyl (C=O) groups is 1. The molecule has 0 aliphatic rings. The lowest BCUT2D eigenvalue weighted by Gasteiger charge is -1.97. The Hall–Kier alpha value is -1.58. The lowest BCUT2D eigenvalue weighted by molar-refractivity contribution is 0.111. The average Bonchev–Trinajstić information content (AvgIpc) is 2.03. The van der Waals surface area contributed by atoms with E-state index in [9.17, 15) is 9.59 Å². The second kappa shape index (κ2) is 3.01. The first-order valence-corrected chi connectivity index (χ1v) is 3.00. The summed E-state index contributed by atoms with van der Waals surface area (Å²) in [6, 6.07) is 2.72. The number of aldehydes is 1. The lowest BCUT2D eigenvalue weighted by atomic mass is 10.3. The van der Waals surface area contributed by atoms with Crippen LogP contribution in [0.25, 0.3) is 0 Å². The van der Waals surface area contributed by atoms with Crippen LogP contribution in [0.1, 0.15) is 10.5 Å². The van der Waals surface area contributed by atoms with Gasteiger partial charge in [-0.05, 0) is 0 Å². The SMILES string of the molecule is COc1cc(C=O)[nH]c(=O)c1. The van der Waals surface area contributed by atoms with Crippen LogP contribution in [0.4, 0.5) is 0 Å². The van der Waals surface area contributed by atoms with E-state index in [1.54, 1.807) is 0 Å². The summed E-state index contributed by atoms with van der Waals surface area (Å²) in [5.41, 5.74) is -0.124. The molecule has 1 N–H and O–H groups in total. The maximum atomic E-state index is 10.7. The number of aromatic amines is 1. The van der Waals surface area contributed by atoms with Gasteiger partial charge in [-0.2, -0.15) is 0 Å². The molecular formula is C7H7NO3. The number of hydrogen-bond acceptors (Lipinski definition) is 3. The van der Waals surface area contributed by atoms with E-state index in [-0.39, 0.29) is 11.3 Å². The summed E-state index contributed by atoms with van der Waals surface area (Å²) in [5.74, 6) is 0.385. The van der Waals surface area contributed by atoms with Gasteiger partial charge in [-0.25, -0.2) is 0 Å². The van der Waals surface area contributed by atoms with E-state index >= 15 is 0 Å². The Morgan fingerprint density at radius 2 is 2.27 bits per heavy atom. The van der Waals surface area contributed by atoms with Crippen molar-refractivity contribution in [3.05, 3.63) is 28.2 Å². The van der Waals surface area contributed by atoms with Crippen LogP contribution < -0.4 is 10.3 Å².